The molecule has 1 aromatic heterocycles. The van der Waals surface area contributed by atoms with Crippen molar-refractivity contribution in [2.45, 2.75) is 45.7 Å². The van der Waals surface area contributed by atoms with Gasteiger partial charge >= 0.3 is 11.9 Å². The molecular weight excluding hydrogens is 566 g/mol. The van der Waals surface area contributed by atoms with Gasteiger partial charge in [0.15, 0.2) is 5.69 Å². The van der Waals surface area contributed by atoms with Gasteiger partial charge in [0.25, 0.3) is 5.91 Å². The Morgan fingerprint density at radius 3 is 2.18 bits per heavy atom. The van der Waals surface area contributed by atoms with E-state index in [2.05, 4.69) is 16.4 Å². The van der Waals surface area contributed by atoms with Crippen LogP contribution in [0.2, 0.25) is 0 Å². The maximum absolute atomic E-state index is 14.0. The number of rotatable bonds is 10. The monoisotopic (exact) mass is 601 g/mol. The highest BCUT2D eigenvalue weighted by atomic mass is 16.5. The number of hydrazone groups is 1. The van der Waals surface area contributed by atoms with E-state index < -0.39 is 30.4 Å². The molecule has 1 fully saturated rings. The molecule has 12 heteroatoms. The molecule has 1 saturated carbocycles. The van der Waals surface area contributed by atoms with Gasteiger partial charge in [-0.25, -0.2) is 19.3 Å². The Kier molecular flexibility index (Phi) is 9.37. The smallest absolute Gasteiger partial charge is 0.361 e. The summed E-state index contributed by atoms with van der Waals surface area (Å²) >= 11 is 0. The summed E-state index contributed by atoms with van der Waals surface area (Å²) in [6.45, 7) is 3.02. The summed E-state index contributed by atoms with van der Waals surface area (Å²) in [7, 11) is 3.23. The second kappa shape index (κ2) is 13.5. The van der Waals surface area contributed by atoms with Crippen molar-refractivity contribution in [2.24, 2.45) is 11.0 Å². The van der Waals surface area contributed by atoms with Crippen molar-refractivity contribution in [3.05, 3.63) is 76.6 Å². The largest absolute Gasteiger partial charge is 0.497 e. The van der Waals surface area contributed by atoms with Crippen molar-refractivity contribution in [1.82, 2.24) is 20.0 Å². The Labute approximate surface area is 255 Å². The van der Waals surface area contributed by atoms with Crippen LogP contribution in [0, 0.1) is 5.92 Å². The van der Waals surface area contributed by atoms with E-state index in [4.69, 9.17) is 24.0 Å². The molecule has 3 aromatic rings. The highest BCUT2D eigenvalue weighted by Crippen LogP contribution is 2.44. The molecule has 44 heavy (non-hydrogen) atoms. The van der Waals surface area contributed by atoms with E-state index in [1.165, 1.54) is 5.01 Å². The number of carbonyl (C=O) groups excluding carboxylic acids is 3. The fourth-order valence-corrected chi connectivity index (χ4v) is 5.61. The van der Waals surface area contributed by atoms with Crippen LogP contribution < -0.4 is 9.47 Å². The van der Waals surface area contributed by atoms with Crippen LogP contribution in [0.1, 0.15) is 71.3 Å². The molecule has 12 nitrogen and oxygen atoms in total. The van der Waals surface area contributed by atoms with Crippen LogP contribution in [0.25, 0.3) is 6.08 Å². The number of amides is 1. The summed E-state index contributed by atoms with van der Waals surface area (Å²) in [6, 6.07) is 15.0. The van der Waals surface area contributed by atoms with Crippen molar-refractivity contribution in [3.8, 4) is 11.5 Å². The number of nitrogens with zero attached hydrogens (tertiary/aromatic N) is 5. The van der Waals surface area contributed by atoms with Gasteiger partial charge in [-0.1, -0.05) is 29.5 Å². The minimum atomic E-state index is -0.828. The summed E-state index contributed by atoms with van der Waals surface area (Å²) < 4.78 is 21.9. The molecule has 0 unspecified atom stereocenters. The van der Waals surface area contributed by atoms with Gasteiger partial charge in [-0.15, -0.1) is 5.10 Å². The molecule has 0 spiro atoms. The first-order valence-electron chi connectivity index (χ1n) is 14.6. The second-order valence-electron chi connectivity index (χ2n) is 10.3. The molecule has 1 aliphatic carbocycles. The first kappa shape index (κ1) is 30.5. The summed E-state index contributed by atoms with van der Waals surface area (Å²) in [4.78, 5) is 39.4. The van der Waals surface area contributed by atoms with Crippen LogP contribution in [-0.2, 0) is 20.8 Å². The molecule has 2 aliphatic rings. The predicted molar refractivity (Wildman–Crippen MR) is 160 cm³/mol. The molecule has 0 bridgehead atoms. The molecule has 0 radical (unpaired) electrons. The molecule has 0 N–H and O–H groups in total. The minimum absolute atomic E-state index is 0.0547. The van der Waals surface area contributed by atoms with E-state index in [1.807, 2.05) is 48.5 Å². The molecule has 2 atom stereocenters. The van der Waals surface area contributed by atoms with E-state index in [-0.39, 0.29) is 30.5 Å². The maximum atomic E-state index is 14.0. The Balaban J connectivity index is 1.52. The van der Waals surface area contributed by atoms with Crippen LogP contribution in [0.5, 0.6) is 11.5 Å². The van der Waals surface area contributed by atoms with E-state index >= 15 is 0 Å². The average molecular weight is 602 g/mol. The minimum Gasteiger partial charge on any atom is -0.497 e. The van der Waals surface area contributed by atoms with Gasteiger partial charge in [0.2, 0.25) is 5.69 Å². The third-order valence-corrected chi connectivity index (χ3v) is 7.63. The number of esters is 2. The Bertz CT molecular complexity index is 1580. The molecule has 5 rings (SSSR count). The van der Waals surface area contributed by atoms with Gasteiger partial charge < -0.3 is 18.9 Å². The van der Waals surface area contributed by atoms with Crippen LogP contribution in [0.15, 0.2) is 59.2 Å². The number of fused-ring (bicyclic) bond motifs is 1. The van der Waals surface area contributed by atoms with E-state index in [1.54, 1.807) is 28.1 Å². The lowest BCUT2D eigenvalue weighted by molar-refractivity contribution is -0.134. The normalized spacial score (nSPS) is 18.4. The lowest BCUT2D eigenvalue weighted by Gasteiger charge is -2.29. The zero-order valence-corrected chi connectivity index (χ0v) is 25.2. The zero-order valence-electron chi connectivity index (χ0n) is 25.2. The highest BCUT2D eigenvalue weighted by Gasteiger charge is 2.44. The number of methoxy groups -OCH3 is 2. The van der Waals surface area contributed by atoms with Gasteiger partial charge in [0, 0.05) is 5.92 Å². The quantitative estimate of drug-likeness (QED) is 0.309. The van der Waals surface area contributed by atoms with E-state index in [0.717, 1.165) is 52.1 Å². The molecule has 2 aromatic carbocycles. The van der Waals surface area contributed by atoms with Crippen molar-refractivity contribution in [3.63, 3.8) is 0 Å². The van der Waals surface area contributed by atoms with Crippen LogP contribution in [-0.4, -0.2) is 71.0 Å². The number of aromatic nitrogens is 3. The number of hydrogen-bond acceptors (Lipinski definition) is 10. The number of benzene rings is 2. The van der Waals surface area contributed by atoms with Crippen LogP contribution >= 0.6 is 0 Å². The fourth-order valence-electron chi connectivity index (χ4n) is 5.61. The molecule has 2 heterocycles. The third kappa shape index (κ3) is 6.19. The van der Waals surface area contributed by atoms with Crippen molar-refractivity contribution >= 4 is 29.6 Å². The Morgan fingerprint density at radius 1 is 0.909 bits per heavy atom. The van der Waals surface area contributed by atoms with Crippen LogP contribution in [0.3, 0.4) is 0 Å². The lowest BCUT2D eigenvalue weighted by atomic mass is 9.77. The maximum Gasteiger partial charge on any atom is 0.361 e. The number of ether oxygens (including phenoxy) is 4. The average Bonchev–Trinajstić information content (AvgIpc) is 3.64. The van der Waals surface area contributed by atoms with Gasteiger partial charge in [-0.2, -0.15) is 5.10 Å². The van der Waals surface area contributed by atoms with E-state index in [9.17, 15) is 14.4 Å². The fraction of sp³-hybridized carbons (Fsp3) is 0.375. The van der Waals surface area contributed by atoms with Gasteiger partial charge in [0.05, 0.1) is 39.2 Å². The third-order valence-electron chi connectivity index (χ3n) is 7.63. The van der Waals surface area contributed by atoms with Crippen molar-refractivity contribution < 1.29 is 33.3 Å². The summed E-state index contributed by atoms with van der Waals surface area (Å²) in [6.07, 6.45) is 4.69. The van der Waals surface area contributed by atoms with Crippen molar-refractivity contribution in [2.75, 3.05) is 27.4 Å². The number of allylic oxidation sites excluding steroid dienone is 1. The zero-order chi connectivity index (χ0) is 31.2. The first-order valence-corrected chi connectivity index (χ1v) is 14.6. The lowest BCUT2D eigenvalue weighted by Crippen LogP contribution is -2.34. The van der Waals surface area contributed by atoms with Gasteiger partial charge in [-0.05, 0) is 80.2 Å². The second-order valence-corrected chi connectivity index (χ2v) is 10.3. The first-order chi connectivity index (χ1) is 21.4. The molecule has 0 saturated heterocycles. The number of hydrogen-bond donors (Lipinski definition) is 0. The van der Waals surface area contributed by atoms with Gasteiger partial charge in [-0.3, -0.25) is 4.79 Å². The Hall–Kier alpha value is -5.00. The van der Waals surface area contributed by atoms with Crippen LogP contribution in [0.4, 0.5) is 0 Å². The molecule has 1 aliphatic heterocycles. The highest BCUT2D eigenvalue weighted by molar-refractivity contribution is 6.08. The number of carbonyl (C=O) groups is 3. The Morgan fingerprint density at radius 2 is 1.55 bits per heavy atom. The summed E-state index contributed by atoms with van der Waals surface area (Å²) in [5, 5.41) is 14.2. The molecular formula is C32H35N5O7. The topological polar surface area (TPSA) is 134 Å². The van der Waals surface area contributed by atoms with E-state index in [0.29, 0.717) is 5.75 Å². The predicted octanol–water partition coefficient (Wildman–Crippen LogP) is 4.47. The molecule has 1 amide bonds. The summed E-state index contributed by atoms with van der Waals surface area (Å²) in [5.41, 5.74) is 3.24. The standard InChI is InChI=1S/C32H35N5O7/c1-5-43-31(39)28-30(32(40)44-6-2)36(35-33-28)19-26(38)37-29(21-12-16-24(42-4)17-13-21)25-9-7-8-22(27(25)34-37)18-20-10-14-23(41-3)15-11-20/h10-18,25,29H,5-9,19H2,1-4H3/b22-18+/t25-,29+/m0/s1. The van der Waals surface area contributed by atoms with Crippen molar-refractivity contribution in [1.29, 1.82) is 0 Å². The SMILES string of the molecule is CCOC(=O)c1nnn(CC(=O)N2N=C3/C(=C/c4ccc(OC)cc4)CCC[C@@H]3[C@H]2c2ccc(OC)cc2)c1C(=O)OCC. The molecule has 230 valence electrons. The van der Waals surface area contributed by atoms with Gasteiger partial charge in [0.1, 0.15) is 18.0 Å². The summed E-state index contributed by atoms with van der Waals surface area (Å²) in [5.74, 6) is -0.673.